The second-order valence-electron chi connectivity index (χ2n) is 6.77. The molecule has 29 heavy (non-hydrogen) atoms. The van der Waals surface area contributed by atoms with Gasteiger partial charge in [0.05, 0.1) is 25.7 Å². The van der Waals surface area contributed by atoms with Crippen molar-refractivity contribution in [1.29, 1.82) is 0 Å². The molecule has 2 atom stereocenters. The number of rotatable bonds is 14. The Labute approximate surface area is 173 Å². The summed E-state index contributed by atoms with van der Waals surface area (Å²) in [6, 6.07) is 20.0. The summed E-state index contributed by atoms with van der Waals surface area (Å²) in [6.45, 7) is 5.91. The van der Waals surface area contributed by atoms with Crippen molar-refractivity contribution in [3.63, 3.8) is 0 Å². The molecule has 0 radical (unpaired) electrons. The molecule has 0 aromatic heterocycles. The molecule has 0 amide bonds. The molecule has 2 aromatic carbocycles. The Bertz CT molecular complexity index is 674. The summed E-state index contributed by atoms with van der Waals surface area (Å²) in [5.41, 5.74) is 2.23. The Balaban J connectivity index is 1.52. The van der Waals surface area contributed by atoms with Gasteiger partial charge in [-0.2, -0.15) is 0 Å². The molecule has 0 bridgehead atoms. The zero-order valence-corrected chi connectivity index (χ0v) is 17.4. The number of carbonyl (C=O) groups excluding carboxylic acids is 1. The maximum atomic E-state index is 12.2. The van der Waals surface area contributed by atoms with Crippen molar-refractivity contribution in [2.75, 3.05) is 33.0 Å². The van der Waals surface area contributed by atoms with Crippen LogP contribution in [0.1, 0.15) is 49.7 Å². The van der Waals surface area contributed by atoms with Gasteiger partial charge in [0.2, 0.25) is 0 Å². The second-order valence-corrected chi connectivity index (χ2v) is 6.77. The van der Waals surface area contributed by atoms with Crippen molar-refractivity contribution in [1.82, 2.24) is 0 Å². The van der Waals surface area contributed by atoms with Crippen LogP contribution in [0.25, 0.3) is 0 Å². The molecule has 0 N–H and O–H groups in total. The van der Waals surface area contributed by atoms with Gasteiger partial charge in [0.1, 0.15) is 13.2 Å². The van der Waals surface area contributed by atoms with Crippen molar-refractivity contribution in [3.8, 4) is 0 Å². The molecule has 0 spiro atoms. The number of hydrogen-bond donors (Lipinski definition) is 0. The van der Waals surface area contributed by atoms with Crippen LogP contribution < -0.4 is 0 Å². The van der Waals surface area contributed by atoms with Crippen molar-refractivity contribution >= 4 is 5.97 Å². The van der Waals surface area contributed by atoms with Crippen LogP contribution in [-0.4, -0.2) is 39.0 Å². The fourth-order valence-corrected chi connectivity index (χ4v) is 3.08. The third kappa shape index (κ3) is 8.36. The minimum atomic E-state index is -0.232. The molecule has 5 nitrogen and oxygen atoms in total. The molecule has 0 saturated heterocycles. The molecule has 0 fully saturated rings. The summed E-state index contributed by atoms with van der Waals surface area (Å²) < 4.78 is 10.8. The lowest BCUT2D eigenvalue weighted by molar-refractivity contribution is -0.302. The quantitative estimate of drug-likeness (QED) is 0.196. The lowest BCUT2D eigenvalue weighted by Crippen LogP contribution is -2.18. The van der Waals surface area contributed by atoms with E-state index in [-0.39, 0.29) is 18.5 Å². The number of hydrogen-bond acceptors (Lipinski definition) is 5. The van der Waals surface area contributed by atoms with E-state index in [0.29, 0.717) is 38.8 Å². The van der Waals surface area contributed by atoms with Gasteiger partial charge in [-0.1, -0.05) is 74.5 Å². The van der Waals surface area contributed by atoms with E-state index >= 15 is 0 Å². The van der Waals surface area contributed by atoms with Gasteiger partial charge in [-0.05, 0) is 24.0 Å². The largest absolute Gasteiger partial charge is 0.463 e. The lowest BCUT2D eigenvalue weighted by Gasteiger charge is -2.15. The standard InChI is InChI=1S/C24H32O5/c1-3-20(21-11-7-5-8-12-21)19-29-28-18-16-26-15-17-27-24(25)23(4-2)22-13-9-6-10-14-22/h5-14,20,23H,3-4,15-19H2,1-2H3. The topological polar surface area (TPSA) is 54.0 Å². The highest BCUT2D eigenvalue weighted by atomic mass is 17.2. The molecular weight excluding hydrogens is 368 g/mol. The first-order valence-electron chi connectivity index (χ1n) is 10.3. The van der Waals surface area contributed by atoms with Crippen LogP contribution in [0, 0.1) is 0 Å². The summed E-state index contributed by atoms with van der Waals surface area (Å²) in [5, 5.41) is 0. The zero-order chi connectivity index (χ0) is 20.7. The number of carbonyl (C=O) groups is 1. The average molecular weight is 401 g/mol. The van der Waals surface area contributed by atoms with Gasteiger partial charge >= 0.3 is 5.97 Å². The minimum absolute atomic E-state index is 0.214. The summed E-state index contributed by atoms with van der Waals surface area (Å²) in [5.74, 6) is -0.134. The first-order chi connectivity index (χ1) is 14.3. The summed E-state index contributed by atoms with van der Waals surface area (Å²) in [7, 11) is 0. The summed E-state index contributed by atoms with van der Waals surface area (Å²) >= 11 is 0. The molecule has 0 heterocycles. The van der Waals surface area contributed by atoms with Crippen molar-refractivity contribution in [2.24, 2.45) is 0 Å². The Hall–Kier alpha value is -2.21. The van der Waals surface area contributed by atoms with Crippen LogP contribution in [-0.2, 0) is 24.0 Å². The van der Waals surface area contributed by atoms with Crippen molar-refractivity contribution in [3.05, 3.63) is 71.8 Å². The third-order valence-electron chi connectivity index (χ3n) is 4.79. The molecule has 0 saturated carbocycles. The molecular formula is C24H32O5. The fraction of sp³-hybridized carbons (Fsp3) is 0.458. The van der Waals surface area contributed by atoms with E-state index in [1.54, 1.807) is 0 Å². The molecule has 5 heteroatoms. The maximum absolute atomic E-state index is 12.2. The Kier molecular flexibility index (Phi) is 11.0. The van der Waals surface area contributed by atoms with Crippen molar-refractivity contribution in [2.45, 2.75) is 38.5 Å². The fourth-order valence-electron chi connectivity index (χ4n) is 3.08. The SMILES string of the molecule is CCC(COOCCOCCOC(=O)C(CC)c1ccccc1)c1ccccc1. The van der Waals surface area contributed by atoms with Crippen molar-refractivity contribution < 1.29 is 24.0 Å². The summed E-state index contributed by atoms with van der Waals surface area (Å²) in [4.78, 5) is 22.7. The third-order valence-corrected chi connectivity index (χ3v) is 4.79. The van der Waals surface area contributed by atoms with E-state index < -0.39 is 0 Å². The Morgan fingerprint density at radius 3 is 2.00 bits per heavy atom. The van der Waals surface area contributed by atoms with E-state index in [1.165, 1.54) is 5.56 Å². The number of ether oxygens (including phenoxy) is 2. The number of benzene rings is 2. The van der Waals surface area contributed by atoms with Crippen LogP contribution in [0.3, 0.4) is 0 Å². The zero-order valence-electron chi connectivity index (χ0n) is 17.4. The van der Waals surface area contributed by atoms with E-state index in [9.17, 15) is 4.79 Å². The first kappa shape index (κ1) is 23.1. The molecule has 0 aliphatic heterocycles. The Morgan fingerprint density at radius 2 is 1.38 bits per heavy atom. The van der Waals surface area contributed by atoms with Gasteiger partial charge in [-0.25, -0.2) is 9.78 Å². The van der Waals surface area contributed by atoms with E-state index in [0.717, 1.165) is 12.0 Å². The average Bonchev–Trinajstić information content (AvgIpc) is 2.77. The molecule has 158 valence electrons. The highest BCUT2D eigenvalue weighted by Gasteiger charge is 2.19. The molecule has 2 unspecified atom stereocenters. The highest BCUT2D eigenvalue weighted by molar-refractivity contribution is 5.78. The van der Waals surface area contributed by atoms with Crippen LogP contribution in [0.5, 0.6) is 0 Å². The van der Waals surface area contributed by atoms with E-state index in [2.05, 4.69) is 19.1 Å². The van der Waals surface area contributed by atoms with Crippen LogP contribution in [0.4, 0.5) is 0 Å². The Morgan fingerprint density at radius 1 is 0.759 bits per heavy atom. The first-order valence-corrected chi connectivity index (χ1v) is 10.3. The van der Waals surface area contributed by atoms with Gasteiger partial charge in [-0.15, -0.1) is 0 Å². The monoisotopic (exact) mass is 400 g/mol. The smallest absolute Gasteiger partial charge is 0.313 e. The van der Waals surface area contributed by atoms with E-state index in [1.807, 2.05) is 55.5 Å². The van der Waals surface area contributed by atoms with Gasteiger partial charge in [-0.3, -0.25) is 4.79 Å². The maximum Gasteiger partial charge on any atom is 0.313 e. The molecule has 0 aliphatic rings. The van der Waals surface area contributed by atoms with Gasteiger partial charge in [0.25, 0.3) is 0 Å². The van der Waals surface area contributed by atoms with Gasteiger partial charge in [0.15, 0.2) is 0 Å². The van der Waals surface area contributed by atoms with Crippen LogP contribution in [0.15, 0.2) is 60.7 Å². The normalized spacial score (nSPS) is 13.0. The predicted octanol–water partition coefficient (Wildman–Crippen LogP) is 4.88. The predicted molar refractivity (Wildman–Crippen MR) is 113 cm³/mol. The molecule has 2 aromatic rings. The van der Waals surface area contributed by atoms with Crippen LogP contribution >= 0.6 is 0 Å². The van der Waals surface area contributed by atoms with E-state index in [4.69, 9.17) is 19.2 Å². The molecule has 0 aliphatic carbocycles. The second kappa shape index (κ2) is 13.9. The highest BCUT2D eigenvalue weighted by Crippen LogP contribution is 2.21. The summed E-state index contributed by atoms with van der Waals surface area (Å²) in [6.07, 6.45) is 1.69. The molecule has 2 rings (SSSR count). The minimum Gasteiger partial charge on any atom is -0.463 e. The van der Waals surface area contributed by atoms with Gasteiger partial charge in [0, 0.05) is 5.92 Å². The van der Waals surface area contributed by atoms with Gasteiger partial charge < -0.3 is 9.47 Å². The number of esters is 1. The lowest BCUT2D eigenvalue weighted by atomic mass is 9.97. The van der Waals surface area contributed by atoms with Crippen LogP contribution in [0.2, 0.25) is 0 Å².